The lowest BCUT2D eigenvalue weighted by atomic mass is 10.00. The van der Waals surface area contributed by atoms with Gasteiger partial charge < -0.3 is 9.63 Å². The highest BCUT2D eigenvalue weighted by molar-refractivity contribution is 5.94. The van der Waals surface area contributed by atoms with Crippen LogP contribution in [0.2, 0.25) is 0 Å². The van der Waals surface area contributed by atoms with Crippen molar-refractivity contribution in [3.05, 3.63) is 65.4 Å². The number of carboxylic acids is 1. The molecule has 0 radical (unpaired) electrons. The molecule has 0 aliphatic heterocycles. The van der Waals surface area contributed by atoms with E-state index < -0.39 is 11.8 Å². The first-order valence-electron chi connectivity index (χ1n) is 7.91. The van der Waals surface area contributed by atoms with Gasteiger partial charge in [-0.05, 0) is 26.0 Å². The molecule has 26 heavy (non-hydrogen) atoms. The minimum absolute atomic E-state index is 0.115. The Morgan fingerprint density at radius 3 is 2.65 bits per heavy atom. The van der Waals surface area contributed by atoms with Gasteiger partial charge in [0.15, 0.2) is 5.82 Å². The predicted octanol–water partition coefficient (Wildman–Crippen LogP) is 4.13. The van der Waals surface area contributed by atoms with Crippen LogP contribution in [0.4, 0.5) is 4.39 Å². The van der Waals surface area contributed by atoms with Crippen LogP contribution in [-0.2, 0) is 0 Å². The Morgan fingerprint density at radius 2 is 1.96 bits per heavy atom. The van der Waals surface area contributed by atoms with E-state index in [0.29, 0.717) is 22.5 Å². The Kier molecular flexibility index (Phi) is 3.57. The van der Waals surface area contributed by atoms with Crippen LogP contribution in [0, 0.1) is 19.7 Å². The number of hydrogen-bond donors (Lipinski definition) is 1. The molecule has 2 aromatic heterocycles. The molecule has 0 bridgehead atoms. The molecule has 0 unspecified atom stereocenters. The molecule has 6 nitrogen and oxygen atoms in total. The van der Waals surface area contributed by atoms with Crippen molar-refractivity contribution < 1.29 is 18.8 Å². The first-order chi connectivity index (χ1) is 12.5. The predicted molar refractivity (Wildman–Crippen MR) is 93.0 cm³/mol. The van der Waals surface area contributed by atoms with E-state index in [2.05, 4.69) is 10.3 Å². The number of carbonyl (C=O) groups is 1. The van der Waals surface area contributed by atoms with E-state index in [-0.39, 0.29) is 16.8 Å². The highest BCUT2D eigenvalue weighted by Gasteiger charge is 2.25. The number of para-hydroxylation sites is 1. The fourth-order valence-corrected chi connectivity index (χ4v) is 3.15. The zero-order valence-electron chi connectivity index (χ0n) is 14.0. The van der Waals surface area contributed by atoms with Gasteiger partial charge in [-0.3, -0.25) is 0 Å². The molecule has 2 heterocycles. The van der Waals surface area contributed by atoms with E-state index in [0.717, 1.165) is 5.39 Å². The second-order valence-corrected chi connectivity index (χ2v) is 5.94. The number of benzene rings is 2. The third kappa shape index (κ3) is 2.28. The quantitative estimate of drug-likeness (QED) is 0.600. The second kappa shape index (κ2) is 5.80. The number of carboxylic acid groups (broad SMARTS) is 1. The Morgan fingerprint density at radius 1 is 1.19 bits per heavy atom. The molecule has 0 amide bonds. The lowest BCUT2D eigenvalue weighted by Crippen LogP contribution is -2.10. The van der Waals surface area contributed by atoms with Crippen molar-refractivity contribution in [2.24, 2.45) is 0 Å². The van der Waals surface area contributed by atoms with Crippen molar-refractivity contribution in [3.63, 3.8) is 0 Å². The van der Waals surface area contributed by atoms with Gasteiger partial charge in [0.2, 0.25) is 0 Å². The van der Waals surface area contributed by atoms with Crippen molar-refractivity contribution >= 4 is 16.9 Å². The van der Waals surface area contributed by atoms with E-state index in [9.17, 15) is 9.90 Å². The van der Waals surface area contributed by atoms with Gasteiger partial charge in [0.05, 0.1) is 28.5 Å². The highest BCUT2D eigenvalue weighted by atomic mass is 19.1. The summed E-state index contributed by atoms with van der Waals surface area (Å²) in [5.41, 5.74) is 1.59. The maximum atomic E-state index is 15.5. The summed E-state index contributed by atoms with van der Waals surface area (Å²) < 4.78 is 22.0. The Hall–Kier alpha value is -3.48. The van der Waals surface area contributed by atoms with Crippen LogP contribution in [0.5, 0.6) is 0 Å². The average molecular weight is 351 g/mol. The van der Waals surface area contributed by atoms with Gasteiger partial charge in [-0.2, -0.15) is 5.10 Å². The van der Waals surface area contributed by atoms with Crippen LogP contribution in [0.25, 0.3) is 27.7 Å². The summed E-state index contributed by atoms with van der Waals surface area (Å²) in [7, 11) is 0. The third-order valence-electron chi connectivity index (χ3n) is 4.34. The number of rotatable bonds is 3. The van der Waals surface area contributed by atoms with Gasteiger partial charge >= 0.3 is 5.97 Å². The molecule has 0 saturated heterocycles. The smallest absolute Gasteiger partial charge is 0.338 e. The Balaban J connectivity index is 2.07. The van der Waals surface area contributed by atoms with Gasteiger partial charge in [0.25, 0.3) is 0 Å². The van der Waals surface area contributed by atoms with Crippen LogP contribution < -0.4 is 0 Å². The standard InChI is InChI=1S/C19H14FN3O3/c1-10-16(11(2)26-22-10)13-7-8-14(19(24)25)18(17(13)20)23-15-6-4-3-5-12(15)9-21-23/h3-9H,1-2H3,(H,24,25). The van der Waals surface area contributed by atoms with Crippen molar-refractivity contribution in [1.29, 1.82) is 0 Å². The van der Waals surface area contributed by atoms with E-state index in [1.54, 1.807) is 32.2 Å². The number of aryl methyl sites for hydroxylation is 2. The van der Waals surface area contributed by atoms with E-state index in [1.165, 1.54) is 16.8 Å². The van der Waals surface area contributed by atoms with Crippen LogP contribution in [0.3, 0.4) is 0 Å². The number of aromatic carboxylic acids is 1. The average Bonchev–Trinajstić information content (AvgIpc) is 3.18. The summed E-state index contributed by atoms with van der Waals surface area (Å²) in [6.45, 7) is 3.39. The summed E-state index contributed by atoms with van der Waals surface area (Å²) >= 11 is 0. The fourth-order valence-electron chi connectivity index (χ4n) is 3.15. The summed E-state index contributed by atoms with van der Waals surface area (Å²) in [5.74, 6) is -1.46. The van der Waals surface area contributed by atoms with Gasteiger partial charge in [0.1, 0.15) is 11.4 Å². The number of halogens is 1. The molecule has 4 aromatic rings. The maximum absolute atomic E-state index is 15.5. The SMILES string of the molecule is Cc1noc(C)c1-c1ccc(C(=O)O)c(-n2ncc3ccccc32)c1F. The van der Waals surface area contributed by atoms with Crippen molar-refractivity contribution in [1.82, 2.24) is 14.9 Å². The number of hydrogen-bond acceptors (Lipinski definition) is 4. The van der Waals surface area contributed by atoms with Gasteiger partial charge in [-0.15, -0.1) is 0 Å². The number of aromatic nitrogens is 3. The number of fused-ring (bicyclic) bond motifs is 1. The maximum Gasteiger partial charge on any atom is 0.338 e. The fraction of sp³-hybridized carbons (Fsp3) is 0.105. The van der Waals surface area contributed by atoms with Gasteiger partial charge in [-0.1, -0.05) is 29.4 Å². The van der Waals surface area contributed by atoms with Crippen LogP contribution in [0.1, 0.15) is 21.8 Å². The van der Waals surface area contributed by atoms with Crippen molar-refractivity contribution in [2.45, 2.75) is 13.8 Å². The molecule has 130 valence electrons. The van der Waals surface area contributed by atoms with E-state index in [1.807, 2.05) is 12.1 Å². The van der Waals surface area contributed by atoms with Gasteiger partial charge in [-0.25, -0.2) is 13.9 Å². The summed E-state index contributed by atoms with van der Waals surface area (Å²) in [4.78, 5) is 11.7. The molecule has 0 saturated carbocycles. The summed E-state index contributed by atoms with van der Waals surface area (Å²) in [5, 5.41) is 18.4. The van der Waals surface area contributed by atoms with Crippen molar-refractivity contribution in [2.75, 3.05) is 0 Å². The molecule has 0 fully saturated rings. The molecular formula is C19H14FN3O3. The number of nitrogens with zero attached hydrogens (tertiary/aromatic N) is 3. The third-order valence-corrected chi connectivity index (χ3v) is 4.34. The molecule has 0 aliphatic carbocycles. The topological polar surface area (TPSA) is 81.1 Å². The van der Waals surface area contributed by atoms with Crippen molar-refractivity contribution in [3.8, 4) is 16.8 Å². The Bertz CT molecular complexity index is 1140. The molecule has 1 N–H and O–H groups in total. The normalized spacial score (nSPS) is 11.2. The summed E-state index contributed by atoms with van der Waals surface area (Å²) in [6, 6.07) is 10.0. The summed E-state index contributed by atoms with van der Waals surface area (Å²) in [6.07, 6.45) is 1.57. The van der Waals surface area contributed by atoms with Crippen LogP contribution in [-0.4, -0.2) is 26.0 Å². The zero-order chi connectivity index (χ0) is 18.4. The Labute approximate surface area is 147 Å². The minimum Gasteiger partial charge on any atom is -0.478 e. The monoisotopic (exact) mass is 351 g/mol. The van der Waals surface area contributed by atoms with Gasteiger partial charge in [0, 0.05) is 10.9 Å². The first-order valence-corrected chi connectivity index (χ1v) is 7.91. The lowest BCUT2D eigenvalue weighted by molar-refractivity contribution is 0.0696. The molecule has 7 heteroatoms. The minimum atomic E-state index is -1.23. The van der Waals surface area contributed by atoms with Crippen LogP contribution in [0.15, 0.2) is 47.1 Å². The largest absolute Gasteiger partial charge is 0.478 e. The molecular weight excluding hydrogens is 337 g/mol. The van der Waals surface area contributed by atoms with Crippen LogP contribution >= 0.6 is 0 Å². The second-order valence-electron chi connectivity index (χ2n) is 5.94. The van der Waals surface area contributed by atoms with E-state index in [4.69, 9.17) is 4.52 Å². The highest BCUT2D eigenvalue weighted by Crippen LogP contribution is 2.34. The van der Waals surface area contributed by atoms with E-state index >= 15 is 4.39 Å². The first kappa shape index (κ1) is 16.0. The molecule has 0 atom stereocenters. The molecule has 4 rings (SSSR count). The molecule has 0 aliphatic rings. The zero-order valence-corrected chi connectivity index (χ0v) is 14.0. The lowest BCUT2D eigenvalue weighted by Gasteiger charge is -2.13. The molecule has 0 spiro atoms. The molecule has 2 aromatic carbocycles.